The smallest absolute Gasteiger partial charge is 0.339 e. The maximum atomic E-state index is 11.1. The standard InChI is InChI=1S/C12H11N3O5/c1-2-14-7-8(6-13-14)20-11-9(12(16)17)4-3-5-10(11)15(18)19/h3-7H,2H2,1H3,(H,16,17). The van der Waals surface area contributed by atoms with Crippen molar-refractivity contribution >= 4 is 11.7 Å². The number of para-hydroxylation sites is 1. The number of ether oxygens (including phenoxy) is 1. The van der Waals surface area contributed by atoms with Crippen LogP contribution in [-0.4, -0.2) is 25.8 Å². The van der Waals surface area contributed by atoms with E-state index in [0.717, 1.165) is 0 Å². The van der Waals surface area contributed by atoms with E-state index in [0.29, 0.717) is 6.54 Å². The summed E-state index contributed by atoms with van der Waals surface area (Å²) in [7, 11) is 0. The van der Waals surface area contributed by atoms with Gasteiger partial charge in [-0.25, -0.2) is 4.79 Å². The molecule has 0 amide bonds. The minimum Gasteiger partial charge on any atom is -0.478 e. The molecule has 0 fully saturated rings. The van der Waals surface area contributed by atoms with E-state index in [4.69, 9.17) is 9.84 Å². The van der Waals surface area contributed by atoms with Crippen LogP contribution >= 0.6 is 0 Å². The zero-order valence-electron chi connectivity index (χ0n) is 10.5. The lowest BCUT2D eigenvalue weighted by atomic mass is 10.1. The highest BCUT2D eigenvalue weighted by molar-refractivity contribution is 5.92. The lowest BCUT2D eigenvalue weighted by Gasteiger charge is -2.07. The molecule has 0 saturated heterocycles. The molecule has 0 aliphatic heterocycles. The van der Waals surface area contributed by atoms with Crippen LogP contribution in [0.25, 0.3) is 0 Å². The van der Waals surface area contributed by atoms with Crippen molar-refractivity contribution in [3.05, 3.63) is 46.3 Å². The molecular formula is C12H11N3O5. The Morgan fingerprint density at radius 2 is 2.30 bits per heavy atom. The second-order valence-electron chi connectivity index (χ2n) is 3.85. The van der Waals surface area contributed by atoms with E-state index in [-0.39, 0.29) is 17.1 Å². The normalized spacial score (nSPS) is 10.2. The van der Waals surface area contributed by atoms with E-state index in [1.807, 2.05) is 6.92 Å². The number of hydrogen-bond acceptors (Lipinski definition) is 5. The summed E-state index contributed by atoms with van der Waals surface area (Å²) in [6.45, 7) is 2.47. The largest absolute Gasteiger partial charge is 0.478 e. The predicted molar refractivity (Wildman–Crippen MR) is 68.0 cm³/mol. The second-order valence-corrected chi connectivity index (χ2v) is 3.85. The summed E-state index contributed by atoms with van der Waals surface area (Å²) in [6, 6.07) is 3.73. The van der Waals surface area contributed by atoms with Gasteiger partial charge < -0.3 is 9.84 Å². The molecule has 2 rings (SSSR count). The van der Waals surface area contributed by atoms with Crippen molar-refractivity contribution in [1.82, 2.24) is 9.78 Å². The van der Waals surface area contributed by atoms with Crippen LogP contribution in [0.2, 0.25) is 0 Å². The van der Waals surface area contributed by atoms with Gasteiger partial charge in [-0.1, -0.05) is 6.07 Å². The topological polar surface area (TPSA) is 107 Å². The number of carbonyl (C=O) groups is 1. The van der Waals surface area contributed by atoms with Gasteiger partial charge in [0.15, 0.2) is 5.75 Å². The van der Waals surface area contributed by atoms with Crippen molar-refractivity contribution in [2.45, 2.75) is 13.5 Å². The van der Waals surface area contributed by atoms with E-state index in [1.54, 1.807) is 4.68 Å². The Bertz CT molecular complexity index is 633. The van der Waals surface area contributed by atoms with Gasteiger partial charge in [0, 0.05) is 12.6 Å². The molecule has 0 radical (unpaired) electrons. The van der Waals surface area contributed by atoms with Crippen LogP contribution in [0.1, 0.15) is 17.3 Å². The number of carboxylic acid groups (broad SMARTS) is 1. The molecule has 0 aliphatic carbocycles. The monoisotopic (exact) mass is 277 g/mol. The first-order chi connectivity index (χ1) is 9.52. The van der Waals surface area contributed by atoms with E-state index in [2.05, 4.69) is 5.10 Å². The van der Waals surface area contributed by atoms with Crippen LogP contribution in [-0.2, 0) is 6.54 Å². The van der Waals surface area contributed by atoms with Gasteiger partial charge in [0.05, 0.1) is 17.3 Å². The van der Waals surface area contributed by atoms with E-state index < -0.39 is 16.6 Å². The number of aromatic carboxylic acids is 1. The highest BCUT2D eigenvalue weighted by atomic mass is 16.6. The molecular weight excluding hydrogens is 266 g/mol. The average molecular weight is 277 g/mol. The third kappa shape index (κ3) is 2.58. The van der Waals surface area contributed by atoms with Crippen molar-refractivity contribution in [3.63, 3.8) is 0 Å². The molecule has 0 aliphatic rings. The van der Waals surface area contributed by atoms with Gasteiger partial charge in [-0.15, -0.1) is 0 Å². The summed E-state index contributed by atoms with van der Waals surface area (Å²) in [5, 5.41) is 24.0. The van der Waals surface area contributed by atoms with E-state index in [1.165, 1.54) is 30.6 Å². The van der Waals surface area contributed by atoms with Gasteiger partial charge in [0.1, 0.15) is 5.56 Å². The fraction of sp³-hybridized carbons (Fsp3) is 0.167. The van der Waals surface area contributed by atoms with Crippen LogP contribution in [0, 0.1) is 10.1 Å². The predicted octanol–water partition coefficient (Wildman–Crippen LogP) is 2.30. The Morgan fingerprint density at radius 3 is 2.85 bits per heavy atom. The zero-order chi connectivity index (χ0) is 14.7. The molecule has 0 atom stereocenters. The molecule has 8 nitrogen and oxygen atoms in total. The molecule has 1 heterocycles. The highest BCUT2D eigenvalue weighted by Gasteiger charge is 2.24. The fourth-order valence-electron chi connectivity index (χ4n) is 1.63. The Hall–Kier alpha value is -2.90. The summed E-state index contributed by atoms with van der Waals surface area (Å²) in [5.74, 6) is -1.36. The lowest BCUT2D eigenvalue weighted by Crippen LogP contribution is -2.03. The maximum Gasteiger partial charge on any atom is 0.339 e. The third-order valence-electron chi connectivity index (χ3n) is 2.57. The van der Waals surface area contributed by atoms with Crippen molar-refractivity contribution in [3.8, 4) is 11.5 Å². The number of nitro benzene ring substituents is 1. The molecule has 20 heavy (non-hydrogen) atoms. The molecule has 0 unspecified atom stereocenters. The number of nitro groups is 1. The number of rotatable bonds is 5. The van der Waals surface area contributed by atoms with Crippen molar-refractivity contribution in [2.24, 2.45) is 0 Å². The van der Waals surface area contributed by atoms with E-state index >= 15 is 0 Å². The Balaban J connectivity index is 2.47. The molecule has 104 valence electrons. The summed E-state index contributed by atoms with van der Waals surface area (Å²) in [4.78, 5) is 21.4. The Labute approximate surface area is 113 Å². The van der Waals surface area contributed by atoms with Gasteiger partial charge in [0.25, 0.3) is 0 Å². The fourth-order valence-corrected chi connectivity index (χ4v) is 1.63. The molecule has 0 bridgehead atoms. The van der Waals surface area contributed by atoms with Gasteiger partial charge >= 0.3 is 11.7 Å². The first-order valence-electron chi connectivity index (χ1n) is 5.74. The van der Waals surface area contributed by atoms with Crippen LogP contribution in [0.4, 0.5) is 5.69 Å². The maximum absolute atomic E-state index is 11.1. The van der Waals surface area contributed by atoms with Crippen LogP contribution < -0.4 is 4.74 Å². The number of carboxylic acids is 1. The number of nitrogens with zero attached hydrogens (tertiary/aromatic N) is 3. The molecule has 8 heteroatoms. The van der Waals surface area contributed by atoms with Crippen LogP contribution in [0.5, 0.6) is 11.5 Å². The number of hydrogen-bond donors (Lipinski definition) is 1. The van der Waals surface area contributed by atoms with E-state index in [9.17, 15) is 14.9 Å². The zero-order valence-corrected chi connectivity index (χ0v) is 10.5. The molecule has 0 saturated carbocycles. The number of benzene rings is 1. The minimum atomic E-state index is -1.30. The SMILES string of the molecule is CCn1cc(Oc2c(C(=O)O)cccc2[N+](=O)[O-])cn1. The molecule has 2 aromatic rings. The lowest BCUT2D eigenvalue weighted by molar-refractivity contribution is -0.385. The average Bonchev–Trinajstić information content (AvgIpc) is 2.86. The first-order valence-corrected chi connectivity index (χ1v) is 5.74. The summed E-state index contributed by atoms with van der Waals surface area (Å²) in [5.41, 5.74) is -0.683. The summed E-state index contributed by atoms with van der Waals surface area (Å²) >= 11 is 0. The van der Waals surface area contributed by atoms with Gasteiger partial charge in [-0.05, 0) is 13.0 Å². The van der Waals surface area contributed by atoms with Gasteiger partial charge in [-0.3, -0.25) is 14.8 Å². The second kappa shape index (κ2) is 5.39. The molecule has 0 spiro atoms. The summed E-state index contributed by atoms with van der Waals surface area (Å²) in [6.07, 6.45) is 2.90. The molecule has 1 N–H and O–H groups in total. The van der Waals surface area contributed by atoms with Crippen LogP contribution in [0.3, 0.4) is 0 Å². The third-order valence-corrected chi connectivity index (χ3v) is 2.57. The molecule has 1 aromatic heterocycles. The Kier molecular flexibility index (Phi) is 3.65. The van der Waals surface area contributed by atoms with Gasteiger partial charge in [-0.2, -0.15) is 5.10 Å². The van der Waals surface area contributed by atoms with Gasteiger partial charge in [0.2, 0.25) is 5.75 Å². The number of aryl methyl sites for hydroxylation is 1. The van der Waals surface area contributed by atoms with Crippen LogP contribution in [0.15, 0.2) is 30.6 Å². The summed E-state index contributed by atoms with van der Waals surface area (Å²) < 4.78 is 6.90. The quantitative estimate of drug-likeness (QED) is 0.663. The minimum absolute atomic E-state index is 0.239. The van der Waals surface area contributed by atoms with Crippen molar-refractivity contribution in [1.29, 1.82) is 0 Å². The first kappa shape index (κ1) is 13.5. The number of aromatic nitrogens is 2. The Morgan fingerprint density at radius 1 is 1.55 bits per heavy atom. The van der Waals surface area contributed by atoms with Crippen molar-refractivity contribution < 1.29 is 19.6 Å². The highest BCUT2D eigenvalue weighted by Crippen LogP contribution is 2.34. The molecule has 1 aromatic carbocycles. The van der Waals surface area contributed by atoms with Crippen molar-refractivity contribution in [2.75, 3.05) is 0 Å².